The number of nitrogens with zero attached hydrogens (tertiary/aromatic N) is 1. The Morgan fingerprint density at radius 1 is 1.90 bits per heavy atom. The lowest BCUT2D eigenvalue weighted by atomic mass is 10.7. The van der Waals surface area contributed by atoms with Crippen LogP contribution in [-0.2, 0) is 9.53 Å². The van der Waals surface area contributed by atoms with E-state index in [1.165, 1.54) is 6.08 Å². The van der Waals surface area contributed by atoms with Gasteiger partial charge in [0.1, 0.15) is 6.61 Å². The van der Waals surface area contributed by atoms with Crippen molar-refractivity contribution in [1.82, 2.24) is 0 Å². The van der Waals surface area contributed by atoms with E-state index in [9.17, 15) is 4.79 Å². The van der Waals surface area contributed by atoms with Gasteiger partial charge in [0.2, 0.25) is 0 Å². The summed E-state index contributed by atoms with van der Waals surface area (Å²) in [6.07, 6.45) is 1.37. The molecular formula is C5H6ClNO3. The van der Waals surface area contributed by atoms with Gasteiger partial charge in [0.15, 0.2) is 0 Å². The van der Waals surface area contributed by atoms with Gasteiger partial charge in [0.25, 0.3) is 5.17 Å². The average Bonchev–Trinajstić information content (AvgIpc) is 1.98. The molecule has 0 radical (unpaired) electrons. The number of esters is 1. The first-order valence-corrected chi connectivity index (χ1v) is 2.75. The molecule has 0 aromatic rings. The van der Waals surface area contributed by atoms with Crippen molar-refractivity contribution in [1.29, 1.82) is 0 Å². The van der Waals surface area contributed by atoms with E-state index < -0.39 is 11.1 Å². The summed E-state index contributed by atoms with van der Waals surface area (Å²) in [6, 6.07) is 0. The normalized spacial score (nSPS) is 10.7. The fourth-order valence-electron chi connectivity index (χ4n) is 0.235. The molecule has 0 bridgehead atoms. The number of hydrogen-bond donors (Lipinski definition) is 1. The van der Waals surface area contributed by atoms with E-state index in [0.717, 1.165) is 0 Å². The van der Waals surface area contributed by atoms with Crippen LogP contribution in [0.5, 0.6) is 0 Å². The van der Waals surface area contributed by atoms with E-state index in [1.807, 2.05) is 0 Å². The van der Waals surface area contributed by atoms with Gasteiger partial charge >= 0.3 is 5.97 Å². The summed E-state index contributed by atoms with van der Waals surface area (Å²) in [5.41, 5.74) is 0. The first kappa shape index (κ1) is 8.97. The third kappa shape index (κ3) is 3.09. The first-order chi connectivity index (χ1) is 4.72. The highest BCUT2D eigenvalue weighted by molar-refractivity contribution is 6.81. The lowest BCUT2D eigenvalue weighted by Crippen LogP contribution is -2.11. The monoisotopic (exact) mass is 163 g/mol. The smallest absolute Gasteiger partial charge is 0.372 e. The maximum Gasteiger partial charge on any atom is 0.372 e. The van der Waals surface area contributed by atoms with Crippen LogP contribution in [-0.4, -0.2) is 23.0 Å². The van der Waals surface area contributed by atoms with Gasteiger partial charge in [0.05, 0.1) is 0 Å². The predicted octanol–water partition coefficient (Wildman–Crippen LogP) is 0.742. The van der Waals surface area contributed by atoms with E-state index in [2.05, 4.69) is 16.5 Å². The molecule has 0 fully saturated rings. The molecule has 5 heteroatoms. The Hall–Kier alpha value is -1.03. The van der Waals surface area contributed by atoms with Crippen LogP contribution in [0.25, 0.3) is 0 Å². The molecule has 0 rings (SSSR count). The lowest BCUT2D eigenvalue weighted by Gasteiger charge is -1.95. The van der Waals surface area contributed by atoms with Crippen LogP contribution in [0.1, 0.15) is 0 Å². The largest absolute Gasteiger partial charge is 0.456 e. The topological polar surface area (TPSA) is 58.9 Å². The Bertz CT molecular complexity index is 166. The molecule has 0 aromatic carbocycles. The third-order valence-electron chi connectivity index (χ3n) is 0.589. The second-order valence-electron chi connectivity index (χ2n) is 1.28. The van der Waals surface area contributed by atoms with Crippen LogP contribution >= 0.6 is 11.6 Å². The number of ether oxygens (including phenoxy) is 1. The third-order valence-corrected chi connectivity index (χ3v) is 0.818. The van der Waals surface area contributed by atoms with Crippen molar-refractivity contribution in [2.45, 2.75) is 0 Å². The van der Waals surface area contributed by atoms with Crippen LogP contribution in [0.3, 0.4) is 0 Å². The zero-order chi connectivity index (χ0) is 7.98. The summed E-state index contributed by atoms with van der Waals surface area (Å²) in [5, 5.41) is 9.75. The minimum absolute atomic E-state index is 0.0462. The standard InChI is InChI=1S/C5H6ClNO3/c1-2-3-10-5(8)4(6)7-9/h2,9H,1,3H2/b7-4+. The van der Waals surface area contributed by atoms with Crippen LogP contribution in [0.2, 0.25) is 0 Å². The van der Waals surface area contributed by atoms with Crippen LogP contribution in [0.4, 0.5) is 0 Å². The molecule has 0 spiro atoms. The summed E-state index contributed by atoms with van der Waals surface area (Å²) in [6.45, 7) is 3.34. The molecule has 56 valence electrons. The van der Waals surface area contributed by atoms with E-state index in [4.69, 9.17) is 16.8 Å². The highest BCUT2D eigenvalue weighted by Crippen LogP contribution is 1.88. The highest BCUT2D eigenvalue weighted by Gasteiger charge is 2.08. The molecule has 0 aliphatic carbocycles. The van der Waals surface area contributed by atoms with Crippen LogP contribution in [0, 0.1) is 0 Å². The number of oxime groups is 1. The summed E-state index contributed by atoms with van der Waals surface area (Å²) >= 11 is 5.04. The predicted molar refractivity (Wildman–Crippen MR) is 36.2 cm³/mol. The molecule has 0 aromatic heterocycles. The fourth-order valence-corrected chi connectivity index (χ4v) is 0.290. The molecule has 0 amide bonds. The van der Waals surface area contributed by atoms with Gasteiger partial charge in [-0.05, 0) is 0 Å². The van der Waals surface area contributed by atoms with E-state index >= 15 is 0 Å². The molecular weight excluding hydrogens is 158 g/mol. The number of carbonyl (C=O) groups excluding carboxylic acids is 1. The molecule has 0 heterocycles. The number of rotatable bonds is 3. The Morgan fingerprint density at radius 3 is 2.90 bits per heavy atom. The van der Waals surface area contributed by atoms with Crippen LogP contribution in [0.15, 0.2) is 17.8 Å². The Kier molecular flexibility index (Phi) is 4.32. The van der Waals surface area contributed by atoms with E-state index in [1.54, 1.807) is 0 Å². The molecule has 0 saturated heterocycles. The zero-order valence-electron chi connectivity index (χ0n) is 5.08. The summed E-state index contributed by atoms with van der Waals surface area (Å²) < 4.78 is 4.36. The van der Waals surface area contributed by atoms with Crippen molar-refractivity contribution in [3.05, 3.63) is 12.7 Å². The highest BCUT2D eigenvalue weighted by atomic mass is 35.5. The van der Waals surface area contributed by atoms with E-state index in [-0.39, 0.29) is 6.61 Å². The Balaban J connectivity index is 3.74. The van der Waals surface area contributed by atoms with Gasteiger partial charge in [-0.15, -0.1) is 0 Å². The minimum Gasteiger partial charge on any atom is -0.456 e. The van der Waals surface area contributed by atoms with Crippen molar-refractivity contribution < 1.29 is 14.7 Å². The Morgan fingerprint density at radius 2 is 2.50 bits per heavy atom. The number of halogens is 1. The van der Waals surface area contributed by atoms with Crippen molar-refractivity contribution in [2.24, 2.45) is 5.16 Å². The second-order valence-corrected chi connectivity index (χ2v) is 1.64. The first-order valence-electron chi connectivity index (χ1n) is 2.38. The maximum absolute atomic E-state index is 10.4. The van der Waals surface area contributed by atoms with Crippen molar-refractivity contribution >= 4 is 22.7 Å². The van der Waals surface area contributed by atoms with Gasteiger partial charge in [-0.25, -0.2) is 4.79 Å². The lowest BCUT2D eigenvalue weighted by molar-refractivity contribution is -0.134. The van der Waals surface area contributed by atoms with E-state index in [0.29, 0.717) is 0 Å². The van der Waals surface area contributed by atoms with Gasteiger partial charge in [0, 0.05) is 0 Å². The molecule has 1 N–H and O–H groups in total. The quantitative estimate of drug-likeness (QED) is 0.220. The molecule has 0 atom stereocenters. The zero-order valence-corrected chi connectivity index (χ0v) is 5.84. The van der Waals surface area contributed by atoms with Crippen LogP contribution < -0.4 is 0 Å². The summed E-state index contributed by atoms with van der Waals surface area (Å²) in [5.74, 6) is -0.871. The van der Waals surface area contributed by atoms with Gasteiger partial charge in [-0.2, -0.15) is 0 Å². The molecule has 0 aliphatic heterocycles. The fraction of sp³-hybridized carbons (Fsp3) is 0.200. The summed E-state index contributed by atoms with van der Waals surface area (Å²) in [4.78, 5) is 10.4. The summed E-state index contributed by atoms with van der Waals surface area (Å²) in [7, 11) is 0. The average molecular weight is 164 g/mol. The maximum atomic E-state index is 10.4. The number of hydrogen-bond acceptors (Lipinski definition) is 4. The number of carbonyl (C=O) groups is 1. The Labute approximate surface area is 62.7 Å². The van der Waals surface area contributed by atoms with Crippen molar-refractivity contribution in [2.75, 3.05) is 6.61 Å². The second kappa shape index (κ2) is 4.81. The van der Waals surface area contributed by atoms with Gasteiger partial charge in [-0.3, -0.25) is 0 Å². The molecule has 0 saturated carbocycles. The van der Waals surface area contributed by atoms with Crippen molar-refractivity contribution in [3.63, 3.8) is 0 Å². The van der Waals surface area contributed by atoms with Gasteiger partial charge < -0.3 is 9.94 Å². The molecule has 0 unspecified atom stereocenters. The minimum atomic E-state index is -0.871. The van der Waals surface area contributed by atoms with Crippen molar-refractivity contribution in [3.8, 4) is 0 Å². The molecule has 10 heavy (non-hydrogen) atoms. The molecule has 4 nitrogen and oxygen atoms in total. The molecule has 0 aliphatic rings. The van der Waals surface area contributed by atoms with Gasteiger partial charge in [-0.1, -0.05) is 29.4 Å². The SMILES string of the molecule is C=CCOC(=O)/C(Cl)=N\O.